The lowest BCUT2D eigenvalue weighted by Gasteiger charge is -2.02. The molecular weight excluding hydrogens is 246 g/mol. The molecule has 0 unspecified atom stereocenters. The van der Waals surface area contributed by atoms with Gasteiger partial charge in [0.25, 0.3) is 0 Å². The van der Waals surface area contributed by atoms with E-state index in [1.807, 2.05) is 6.21 Å². The summed E-state index contributed by atoms with van der Waals surface area (Å²) in [5.74, 6) is 0. The maximum atomic E-state index is 8.59. The van der Waals surface area contributed by atoms with Crippen molar-refractivity contribution >= 4 is 6.21 Å². The minimum atomic E-state index is 0.224. The van der Waals surface area contributed by atoms with Crippen LogP contribution in [0.2, 0.25) is 0 Å². The first-order chi connectivity index (χ1) is 9.91. The van der Waals surface area contributed by atoms with E-state index in [9.17, 15) is 0 Å². The molecule has 120 valence electrons. The van der Waals surface area contributed by atoms with Crippen LogP contribution < -0.4 is 0 Å². The second-order valence-corrected chi connectivity index (χ2v) is 5.84. The number of nitrogens with zero attached hydrogens (tertiary/aromatic N) is 1. The third-order valence-corrected chi connectivity index (χ3v) is 3.78. The van der Waals surface area contributed by atoms with Crippen LogP contribution in [0.4, 0.5) is 0 Å². The largest absolute Gasteiger partial charge is 0.396 e. The van der Waals surface area contributed by atoms with Gasteiger partial charge in [-0.1, -0.05) is 84.0 Å². The van der Waals surface area contributed by atoms with Gasteiger partial charge in [0.15, 0.2) is 0 Å². The maximum absolute atomic E-state index is 8.59. The third kappa shape index (κ3) is 17.6. The van der Waals surface area contributed by atoms with E-state index in [-0.39, 0.29) is 6.61 Å². The SMILES string of the molecule is CCCCCCCCCCCCCCCN=CCCO. The zero-order valence-electron chi connectivity index (χ0n) is 13.8. The van der Waals surface area contributed by atoms with Gasteiger partial charge in [0.2, 0.25) is 0 Å². The minimum absolute atomic E-state index is 0.224. The van der Waals surface area contributed by atoms with Crippen LogP contribution in [-0.2, 0) is 0 Å². The van der Waals surface area contributed by atoms with Gasteiger partial charge in [-0.05, 0) is 6.42 Å². The molecule has 0 aromatic heterocycles. The zero-order chi connectivity index (χ0) is 14.7. The lowest BCUT2D eigenvalue weighted by Crippen LogP contribution is -1.87. The highest BCUT2D eigenvalue weighted by atomic mass is 16.2. The molecule has 1 N–H and O–H groups in total. The molecule has 0 aliphatic rings. The van der Waals surface area contributed by atoms with Crippen molar-refractivity contribution in [2.24, 2.45) is 4.99 Å². The quantitative estimate of drug-likeness (QED) is 0.293. The van der Waals surface area contributed by atoms with Crippen LogP contribution in [-0.4, -0.2) is 24.5 Å². The molecule has 0 saturated heterocycles. The van der Waals surface area contributed by atoms with Crippen molar-refractivity contribution in [1.29, 1.82) is 0 Å². The molecule has 20 heavy (non-hydrogen) atoms. The van der Waals surface area contributed by atoms with Crippen LogP contribution in [0.1, 0.15) is 96.8 Å². The van der Waals surface area contributed by atoms with E-state index >= 15 is 0 Å². The topological polar surface area (TPSA) is 32.6 Å². The molecule has 0 aliphatic carbocycles. The molecule has 0 bridgehead atoms. The molecular formula is C18H37NO. The van der Waals surface area contributed by atoms with Crippen molar-refractivity contribution in [3.05, 3.63) is 0 Å². The average Bonchev–Trinajstić information content (AvgIpc) is 2.47. The van der Waals surface area contributed by atoms with Crippen molar-refractivity contribution in [2.45, 2.75) is 96.8 Å². The average molecular weight is 283 g/mol. The molecule has 0 saturated carbocycles. The van der Waals surface area contributed by atoms with E-state index in [1.165, 1.54) is 83.5 Å². The first kappa shape index (κ1) is 19.6. The van der Waals surface area contributed by atoms with E-state index in [1.54, 1.807) is 0 Å². The molecule has 0 heterocycles. The molecule has 0 atom stereocenters. The molecule has 0 radical (unpaired) electrons. The lowest BCUT2D eigenvalue weighted by atomic mass is 10.0. The Morgan fingerprint density at radius 2 is 1.15 bits per heavy atom. The first-order valence-electron chi connectivity index (χ1n) is 9.01. The minimum Gasteiger partial charge on any atom is -0.396 e. The fourth-order valence-corrected chi connectivity index (χ4v) is 2.46. The highest BCUT2D eigenvalue weighted by molar-refractivity contribution is 5.57. The number of aliphatic hydroxyl groups excluding tert-OH is 1. The van der Waals surface area contributed by atoms with Crippen molar-refractivity contribution in [2.75, 3.05) is 13.2 Å². The summed E-state index contributed by atoms with van der Waals surface area (Å²) >= 11 is 0. The Balaban J connectivity index is 2.96. The highest BCUT2D eigenvalue weighted by Gasteiger charge is 1.93. The zero-order valence-corrected chi connectivity index (χ0v) is 13.8. The maximum Gasteiger partial charge on any atom is 0.0480 e. The molecule has 0 fully saturated rings. The van der Waals surface area contributed by atoms with Crippen LogP contribution in [0.15, 0.2) is 4.99 Å². The number of rotatable bonds is 16. The van der Waals surface area contributed by atoms with E-state index in [0.29, 0.717) is 6.42 Å². The van der Waals surface area contributed by atoms with Crippen molar-refractivity contribution in [3.63, 3.8) is 0 Å². The van der Waals surface area contributed by atoms with E-state index in [4.69, 9.17) is 5.11 Å². The van der Waals surface area contributed by atoms with Crippen LogP contribution in [0.3, 0.4) is 0 Å². The fraction of sp³-hybridized carbons (Fsp3) is 0.944. The molecule has 2 heteroatoms. The number of unbranched alkanes of at least 4 members (excludes halogenated alkanes) is 12. The summed E-state index contributed by atoms with van der Waals surface area (Å²) in [6.45, 7) is 3.45. The van der Waals surface area contributed by atoms with Crippen LogP contribution in [0.25, 0.3) is 0 Å². The van der Waals surface area contributed by atoms with Crippen LogP contribution in [0.5, 0.6) is 0 Å². The highest BCUT2D eigenvalue weighted by Crippen LogP contribution is 2.12. The summed E-state index contributed by atoms with van der Waals surface area (Å²) in [5, 5.41) is 8.59. The number of aliphatic imine (C=N–C) groups is 1. The predicted octanol–water partition coefficient (Wildman–Crippen LogP) is 5.53. The Bertz CT molecular complexity index is 192. The Labute approximate surface area is 127 Å². The van der Waals surface area contributed by atoms with Crippen molar-refractivity contribution in [3.8, 4) is 0 Å². The normalized spacial score (nSPS) is 11.5. The van der Waals surface area contributed by atoms with Crippen LogP contribution in [0, 0.1) is 0 Å². The summed E-state index contributed by atoms with van der Waals surface area (Å²) in [4.78, 5) is 4.26. The third-order valence-electron chi connectivity index (χ3n) is 3.78. The van der Waals surface area contributed by atoms with Gasteiger partial charge >= 0.3 is 0 Å². The first-order valence-corrected chi connectivity index (χ1v) is 9.01. The van der Waals surface area contributed by atoms with Gasteiger partial charge in [0.1, 0.15) is 0 Å². The Hall–Kier alpha value is -0.370. The van der Waals surface area contributed by atoms with E-state index in [0.717, 1.165) is 6.54 Å². The Morgan fingerprint density at radius 3 is 1.60 bits per heavy atom. The monoisotopic (exact) mass is 283 g/mol. The summed E-state index contributed by atoms with van der Waals surface area (Å²) < 4.78 is 0. The molecule has 2 nitrogen and oxygen atoms in total. The summed E-state index contributed by atoms with van der Waals surface area (Å²) in [5.41, 5.74) is 0. The number of hydrogen-bond acceptors (Lipinski definition) is 2. The van der Waals surface area contributed by atoms with E-state index in [2.05, 4.69) is 11.9 Å². The van der Waals surface area contributed by atoms with Gasteiger partial charge in [-0.2, -0.15) is 0 Å². The summed E-state index contributed by atoms with van der Waals surface area (Å²) in [7, 11) is 0. The summed E-state index contributed by atoms with van der Waals surface area (Å²) in [6, 6.07) is 0. The summed E-state index contributed by atoms with van der Waals surface area (Å²) in [6.07, 6.45) is 20.7. The fourth-order valence-electron chi connectivity index (χ4n) is 2.46. The van der Waals surface area contributed by atoms with E-state index < -0.39 is 0 Å². The van der Waals surface area contributed by atoms with Gasteiger partial charge in [0, 0.05) is 25.8 Å². The van der Waals surface area contributed by atoms with Crippen molar-refractivity contribution in [1.82, 2.24) is 0 Å². The molecule has 0 amide bonds. The second kappa shape index (κ2) is 18.6. The van der Waals surface area contributed by atoms with Gasteiger partial charge in [0.05, 0.1) is 0 Å². The molecule has 0 aliphatic heterocycles. The molecule has 0 rings (SSSR count). The van der Waals surface area contributed by atoms with Gasteiger partial charge in [-0.15, -0.1) is 0 Å². The van der Waals surface area contributed by atoms with Gasteiger partial charge in [-0.25, -0.2) is 0 Å². The van der Waals surface area contributed by atoms with Crippen molar-refractivity contribution < 1.29 is 5.11 Å². The molecule has 0 aromatic carbocycles. The Morgan fingerprint density at radius 1 is 0.700 bits per heavy atom. The van der Waals surface area contributed by atoms with Gasteiger partial charge in [-0.3, -0.25) is 4.99 Å². The Kier molecular flexibility index (Phi) is 18.3. The smallest absolute Gasteiger partial charge is 0.0480 e. The predicted molar refractivity (Wildman–Crippen MR) is 90.8 cm³/mol. The number of hydrogen-bond donors (Lipinski definition) is 1. The second-order valence-electron chi connectivity index (χ2n) is 5.84. The molecule has 0 spiro atoms. The lowest BCUT2D eigenvalue weighted by molar-refractivity contribution is 0.308. The van der Waals surface area contributed by atoms with Gasteiger partial charge < -0.3 is 5.11 Å². The standard InChI is InChI=1S/C18H37NO/c1-2-3-4-5-6-7-8-9-10-11-12-13-14-16-19-17-15-18-20/h17,20H,2-16,18H2,1H3. The van der Waals surface area contributed by atoms with Crippen LogP contribution >= 0.6 is 0 Å². The molecule has 0 aromatic rings. The number of aliphatic hydroxyl groups is 1.